The minimum atomic E-state index is -0.235. The summed E-state index contributed by atoms with van der Waals surface area (Å²) < 4.78 is 0. The van der Waals surface area contributed by atoms with Gasteiger partial charge in [-0.15, -0.1) is 0 Å². The van der Waals surface area contributed by atoms with Crippen molar-refractivity contribution in [2.45, 2.75) is 20.3 Å². The molecule has 0 heterocycles. The Bertz CT molecular complexity index is 938. The first-order valence-electron chi connectivity index (χ1n) is 8.63. The lowest BCUT2D eigenvalue weighted by Crippen LogP contribution is -2.33. The maximum Gasteiger partial charge on any atom is 0.243 e. The van der Waals surface area contributed by atoms with Gasteiger partial charge in [-0.2, -0.15) is 0 Å². The van der Waals surface area contributed by atoms with Gasteiger partial charge in [0.2, 0.25) is 11.8 Å². The Morgan fingerprint density at radius 1 is 0.846 bits per heavy atom. The smallest absolute Gasteiger partial charge is 0.243 e. The Labute approximate surface area is 153 Å². The van der Waals surface area contributed by atoms with Crippen LogP contribution in [0.15, 0.2) is 60.7 Å². The van der Waals surface area contributed by atoms with Crippen molar-refractivity contribution in [1.82, 2.24) is 5.32 Å². The maximum atomic E-state index is 12.2. The van der Waals surface area contributed by atoms with Gasteiger partial charge in [-0.3, -0.25) is 9.59 Å². The van der Waals surface area contributed by atoms with Gasteiger partial charge in [0.15, 0.2) is 0 Å². The normalized spacial score (nSPS) is 10.5. The van der Waals surface area contributed by atoms with Gasteiger partial charge in [-0.25, -0.2) is 0 Å². The third-order valence-corrected chi connectivity index (χ3v) is 4.18. The van der Waals surface area contributed by atoms with Crippen LogP contribution >= 0.6 is 0 Å². The number of nitrogens with one attached hydrogen (secondary N) is 2. The summed E-state index contributed by atoms with van der Waals surface area (Å²) in [5.74, 6) is -0.404. The van der Waals surface area contributed by atoms with Crippen molar-refractivity contribution in [3.63, 3.8) is 0 Å². The topological polar surface area (TPSA) is 58.2 Å². The molecule has 4 heteroatoms. The monoisotopic (exact) mass is 346 g/mol. The number of carbonyl (C=O) groups excluding carboxylic acids is 2. The Morgan fingerprint density at radius 2 is 1.54 bits per heavy atom. The molecule has 2 N–H and O–H groups in total. The first-order valence-corrected chi connectivity index (χ1v) is 8.63. The third kappa shape index (κ3) is 4.48. The van der Waals surface area contributed by atoms with Crippen LogP contribution in [0.5, 0.6) is 0 Å². The maximum absolute atomic E-state index is 12.2. The fourth-order valence-corrected chi connectivity index (χ4v) is 3.11. The lowest BCUT2D eigenvalue weighted by Gasteiger charge is -2.10. The molecule has 3 aromatic rings. The molecule has 0 bridgehead atoms. The second-order valence-electron chi connectivity index (χ2n) is 6.52. The predicted octanol–water partition coefficient (Wildman–Crippen LogP) is 3.75. The summed E-state index contributed by atoms with van der Waals surface area (Å²) in [6.45, 7) is 3.92. The van der Waals surface area contributed by atoms with E-state index >= 15 is 0 Å². The van der Waals surface area contributed by atoms with Crippen LogP contribution in [-0.2, 0) is 16.0 Å². The van der Waals surface area contributed by atoms with Gasteiger partial charge in [0, 0.05) is 5.69 Å². The molecular weight excluding hydrogens is 324 g/mol. The van der Waals surface area contributed by atoms with E-state index in [4.69, 9.17) is 0 Å². The number of fused-ring (bicyclic) bond motifs is 1. The van der Waals surface area contributed by atoms with Crippen LogP contribution in [0, 0.1) is 13.8 Å². The van der Waals surface area contributed by atoms with Gasteiger partial charge in [-0.05, 0) is 53.4 Å². The Kier molecular flexibility index (Phi) is 5.32. The SMILES string of the molecule is Cc1cc(C)cc(NC(=O)CNC(=O)Cc2cccc3ccccc23)c1. The highest BCUT2D eigenvalue weighted by Crippen LogP contribution is 2.18. The van der Waals surface area contributed by atoms with Gasteiger partial charge in [0.05, 0.1) is 13.0 Å². The second-order valence-corrected chi connectivity index (χ2v) is 6.52. The zero-order valence-electron chi connectivity index (χ0n) is 15.0. The van der Waals surface area contributed by atoms with Crippen LogP contribution in [0.2, 0.25) is 0 Å². The predicted molar refractivity (Wildman–Crippen MR) is 105 cm³/mol. The molecule has 0 atom stereocenters. The van der Waals surface area contributed by atoms with Gasteiger partial charge in [0.1, 0.15) is 0 Å². The molecule has 0 aliphatic carbocycles. The summed E-state index contributed by atoms with van der Waals surface area (Å²) in [5, 5.41) is 7.68. The number of amides is 2. The van der Waals surface area contributed by atoms with Crippen molar-refractivity contribution >= 4 is 28.3 Å². The minimum Gasteiger partial charge on any atom is -0.347 e. The molecule has 3 aromatic carbocycles. The first kappa shape index (κ1) is 17.7. The average Bonchev–Trinajstić information content (AvgIpc) is 2.59. The molecule has 0 aromatic heterocycles. The molecule has 0 aliphatic heterocycles. The van der Waals surface area contributed by atoms with Crippen LogP contribution in [0.4, 0.5) is 5.69 Å². The third-order valence-electron chi connectivity index (χ3n) is 4.18. The molecular formula is C22H22N2O2. The van der Waals surface area contributed by atoms with Gasteiger partial charge in [-0.1, -0.05) is 48.5 Å². The molecule has 132 valence electrons. The van der Waals surface area contributed by atoms with Crippen molar-refractivity contribution in [2.75, 3.05) is 11.9 Å². The molecule has 3 rings (SSSR count). The highest BCUT2D eigenvalue weighted by Gasteiger charge is 2.09. The molecule has 0 saturated heterocycles. The minimum absolute atomic E-state index is 0.0451. The molecule has 0 unspecified atom stereocenters. The number of carbonyl (C=O) groups is 2. The van der Waals surface area contributed by atoms with E-state index in [0.717, 1.165) is 33.2 Å². The number of anilines is 1. The highest BCUT2D eigenvalue weighted by molar-refractivity contribution is 5.96. The van der Waals surface area contributed by atoms with Crippen LogP contribution in [0.1, 0.15) is 16.7 Å². The highest BCUT2D eigenvalue weighted by atomic mass is 16.2. The van der Waals surface area contributed by atoms with E-state index in [9.17, 15) is 9.59 Å². The van der Waals surface area contributed by atoms with Crippen molar-refractivity contribution in [3.05, 3.63) is 77.4 Å². The zero-order valence-corrected chi connectivity index (χ0v) is 15.0. The number of aryl methyl sites for hydroxylation is 2. The number of rotatable bonds is 5. The lowest BCUT2D eigenvalue weighted by molar-refractivity contribution is -0.123. The summed E-state index contributed by atoms with van der Waals surface area (Å²) in [5.41, 5.74) is 3.87. The molecule has 0 spiro atoms. The van der Waals surface area contributed by atoms with E-state index < -0.39 is 0 Å². The number of benzene rings is 3. The Hall–Kier alpha value is -3.14. The van der Waals surface area contributed by atoms with Gasteiger partial charge >= 0.3 is 0 Å². The van der Waals surface area contributed by atoms with Crippen molar-refractivity contribution in [1.29, 1.82) is 0 Å². The van der Waals surface area contributed by atoms with Crippen molar-refractivity contribution in [3.8, 4) is 0 Å². The molecule has 2 amide bonds. The van der Waals surface area contributed by atoms with Crippen LogP contribution in [0.3, 0.4) is 0 Å². The van der Waals surface area contributed by atoms with E-state index in [-0.39, 0.29) is 24.8 Å². The second kappa shape index (κ2) is 7.83. The molecule has 0 radical (unpaired) electrons. The molecule has 0 aliphatic rings. The molecule has 0 fully saturated rings. The number of hydrogen-bond acceptors (Lipinski definition) is 2. The largest absolute Gasteiger partial charge is 0.347 e. The molecule has 4 nitrogen and oxygen atoms in total. The summed E-state index contributed by atoms with van der Waals surface area (Å²) >= 11 is 0. The molecule has 0 saturated carbocycles. The fraction of sp³-hybridized carbons (Fsp3) is 0.182. The lowest BCUT2D eigenvalue weighted by atomic mass is 10.0. The summed E-state index contributed by atoms with van der Waals surface area (Å²) in [4.78, 5) is 24.3. The quantitative estimate of drug-likeness (QED) is 0.739. The van der Waals surface area contributed by atoms with Gasteiger partial charge < -0.3 is 10.6 Å². The summed E-state index contributed by atoms with van der Waals surface area (Å²) in [7, 11) is 0. The van der Waals surface area contributed by atoms with Crippen molar-refractivity contribution in [2.24, 2.45) is 0 Å². The van der Waals surface area contributed by atoms with Crippen molar-refractivity contribution < 1.29 is 9.59 Å². The van der Waals surface area contributed by atoms with E-state index in [2.05, 4.69) is 10.6 Å². The van der Waals surface area contributed by atoms with Gasteiger partial charge in [0.25, 0.3) is 0 Å². The summed E-state index contributed by atoms with van der Waals surface area (Å²) in [6.07, 6.45) is 0.248. The summed E-state index contributed by atoms with van der Waals surface area (Å²) in [6, 6.07) is 19.7. The fourth-order valence-electron chi connectivity index (χ4n) is 3.11. The first-order chi connectivity index (χ1) is 12.5. The Morgan fingerprint density at radius 3 is 2.31 bits per heavy atom. The van der Waals surface area contributed by atoms with E-state index in [1.165, 1.54) is 0 Å². The van der Waals surface area contributed by atoms with Crippen LogP contribution in [-0.4, -0.2) is 18.4 Å². The zero-order chi connectivity index (χ0) is 18.5. The van der Waals surface area contributed by atoms with Crippen LogP contribution in [0.25, 0.3) is 10.8 Å². The standard InChI is InChI=1S/C22H22N2O2/c1-15-10-16(2)12-19(11-15)24-22(26)14-23-21(25)13-18-8-5-7-17-6-3-4-9-20(17)18/h3-12H,13-14H2,1-2H3,(H,23,25)(H,24,26). The van der Waals surface area contributed by atoms with E-state index in [0.29, 0.717) is 0 Å². The number of hydrogen-bond donors (Lipinski definition) is 2. The Balaban J connectivity index is 1.57. The van der Waals surface area contributed by atoms with Crippen LogP contribution < -0.4 is 10.6 Å². The van der Waals surface area contributed by atoms with E-state index in [1.54, 1.807) is 0 Å². The average molecular weight is 346 g/mol. The molecule has 26 heavy (non-hydrogen) atoms. The van der Waals surface area contributed by atoms with E-state index in [1.807, 2.05) is 74.5 Å².